The highest BCUT2D eigenvalue weighted by Crippen LogP contribution is 2.23. The standard InChI is InChI=1S/C14H10BrF2N3/c15-10-5-12(17)13(6-11(10)16)18-7-9-8-20-4-2-1-3-14(20)19-9/h1-6,8,18H,7H2. The van der Waals surface area contributed by atoms with Gasteiger partial charge in [-0.15, -0.1) is 0 Å². The van der Waals surface area contributed by atoms with Gasteiger partial charge in [0.05, 0.1) is 22.4 Å². The van der Waals surface area contributed by atoms with Crippen LogP contribution in [0, 0.1) is 11.6 Å². The zero-order valence-corrected chi connectivity index (χ0v) is 11.9. The van der Waals surface area contributed by atoms with Gasteiger partial charge in [-0.05, 0) is 34.1 Å². The van der Waals surface area contributed by atoms with Gasteiger partial charge in [-0.3, -0.25) is 0 Å². The summed E-state index contributed by atoms with van der Waals surface area (Å²) >= 11 is 2.94. The van der Waals surface area contributed by atoms with Gasteiger partial charge in [0.25, 0.3) is 0 Å². The van der Waals surface area contributed by atoms with E-state index in [0.717, 1.165) is 23.5 Å². The number of anilines is 1. The lowest BCUT2D eigenvalue weighted by Crippen LogP contribution is -2.02. The molecule has 0 aliphatic rings. The van der Waals surface area contributed by atoms with Crippen LogP contribution in [0.2, 0.25) is 0 Å². The molecule has 3 nitrogen and oxygen atoms in total. The number of nitrogens with zero attached hydrogens (tertiary/aromatic N) is 2. The van der Waals surface area contributed by atoms with Crippen LogP contribution in [-0.2, 0) is 6.54 Å². The second kappa shape index (κ2) is 5.20. The number of hydrogen-bond donors (Lipinski definition) is 1. The molecule has 0 aliphatic heterocycles. The Bertz CT molecular complexity index is 737. The zero-order valence-electron chi connectivity index (χ0n) is 10.3. The summed E-state index contributed by atoms with van der Waals surface area (Å²) in [5.41, 5.74) is 1.67. The van der Waals surface area contributed by atoms with Crippen LogP contribution in [0.1, 0.15) is 5.69 Å². The number of pyridine rings is 1. The Hall–Kier alpha value is -1.95. The van der Waals surface area contributed by atoms with Crippen LogP contribution < -0.4 is 5.32 Å². The molecule has 0 fully saturated rings. The minimum absolute atomic E-state index is 0.105. The highest BCUT2D eigenvalue weighted by atomic mass is 79.9. The number of nitrogens with one attached hydrogen (secondary N) is 1. The number of hydrogen-bond acceptors (Lipinski definition) is 2. The largest absolute Gasteiger partial charge is 0.377 e. The first-order chi connectivity index (χ1) is 9.63. The van der Waals surface area contributed by atoms with Crippen LogP contribution in [0.4, 0.5) is 14.5 Å². The Labute approximate surface area is 122 Å². The highest BCUT2D eigenvalue weighted by Gasteiger charge is 2.08. The van der Waals surface area contributed by atoms with Crippen molar-refractivity contribution in [2.24, 2.45) is 0 Å². The topological polar surface area (TPSA) is 29.3 Å². The minimum atomic E-state index is -0.512. The van der Waals surface area contributed by atoms with E-state index >= 15 is 0 Å². The maximum Gasteiger partial charge on any atom is 0.147 e. The van der Waals surface area contributed by atoms with Crippen LogP contribution in [0.3, 0.4) is 0 Å². The van der Waals surface area contributed by atoms with Gasteiger partial charge in [-0.2, -0.15) is 0 Å². The van der Waals surface area contributed by atoms with Crippen LogP contribution in [0.15, 0.2) is 47.2 Å². The van der Waals surface area contributed by atoms with Crippen molar-refractivity contribution in [1.29, 1.82) is 0 Å². The van der Waals surface area contributed by atoms with E-state index in [1.165, 1.54) is 0 Å². The molecule has 0 bridgehead atoms. The van der Waals surface area contributed by atoms with Gasteiger partial charge in [-0.1, -0.05) is 6.07 Å². The first-order valence-corrected chi connectivity index (χ1v) is 6.74. The van der Waals surface area contributed by atoms with E-state index < -0.39 is 11.6 Å². The van der Waals surface area contributed by atoms with Gasteiger partial charge in [0.1, 0.15) is 17.3 Å². The number of rotatable bonds is 3. The molecule has 0 aliphatic carbocycles. The third-order valence-electron chi connectivity index (χ3n) is 2.88. The lowest BCUT2D eigenvalue weighted by molar-refractivity contribution is 0.596. The number of fused-ring (bicyclic) bond motifs is 1. The van der Waals surface area contributed by atoms with E-state index in [4.69, 9.17) is 0 Å². The maximum atomic E-state index is 13.7. The first kappa shape index (κ1) is 13.1. The van der Waals surface area contributed by atoms with Crippen molar-refractivity contribution in [1.82, 2.24) is 9.38 Å². The normalized spacial score (nSPS) is 10.9. The molecule has 1 N–H and O–H groups in total. The third-order valence-corrected chi connectivity index (χ3v) is 3.49. The molecule has 0 amide bonds. The van der Waals surface area contributed by atoms with E-state index in [2.05, 4.69) is 26.2 Å². The van der Waals surface area contributed by atoms with Gasteiger partial charge in [0.15, 0.2) is 0 Å². The van der Waals surface area contributed by atoms with Gasteiger partial charge < -0.3 is 9.72 Å². The second-order valence-electron chi connectivity index (χ2n) is 4.30. The summed E-state index contributed by atoms with van der Waals surface area (Å²) in [7, 11) is 0. The van der Waals surface area contributed by atoms with Gasteiger partial charge in [0, 0.05) is 18.5 Å². The summed E-state index contributed by atoms with van der Waals surface area (Å²) in [5.74, 6) is -1.02. The Morgan fingerprint density at radius 1 is 1.20 bits per heavy atom. The molecule has 0 saturated heterocycles. The van der Waals surface area contributed by atoms with Gasteiger partial charge >= 0.3 is 0 Å². The van der Waals surface area contributed by atoms with E-state index in [1.807, 2.05) is 35.0 Å². The molecular weight excluding hydrogens is 328 g/mol. The fraction of sp³-hybridized carbons (Fsp3) is 0.0714. The van der Waals surface area contributed by atoms with Crippen molar-refractivity contribution >= 4 is 27.3 Å². The molecular formula is C14H10BrF2N3. The number of benzene rings is 1. The van der Waals surface area contributed by atoms with Crippen LogP contribution in [0.5, 0.6) is 0 Å². The van der Waals surface area contributed by atoms with E-state index in [0.29, 0.717) is 6.54 Å². The summed E-state index contributed by atoms with van der Waals surface area (Å²) in [6.45, 7) is 0.319. The molecule has 2 heterocycles. The average Bonchev–Trinajstić information content (AvgIpc) is 2.84. The summed E-state index contributed by atoms with van der Waals surface area (Å²) in [5, 5.41) is 2.85. The fourth-order valence-electron chi connectivity index (χ4n) is 1.92. The molecule has 0 atom stereocenters. The van der Waals surface area contributed by atoms with Crippen molar-refractivity contribution in [3.05, 3.63) is 64.5 Å². The third kappa shape index (κ3) is 2.51. The molecule has 2 aromatic heterocycles. The first-order valence-electron chi connectivity index (χ1n) is 5.94. The summed E-state index contributed by atoms with van der Waals surface area (Å²) in [6.07, 6.45) is 3.72. The van der Waals surface area contributed by atoms with Crippen molar-refractivity contribution in [3.63, 3.8) is 0 Å². The van der Waals surface area contributed by atoms with Crippen LogP contribution >= 0.6 is 15.9 Å². The maximum absolute atomic E-state index is 13.7. The SMILES string of the molecule is Fc1cc(NCc2cn3ccccc3n2)c(F)cc1Br. The van der Waals surface area contributed by atoms with E-state index in [1.54, 1.807) is 0 Å². The zero-order chi connectivity index (χ0) is 14.1. The van der Waals surface area contributed by atoms with Crippen molar-refractivity contribution < 1.29 is 8.78 Å². The number of aromatic nitrogens is 2. The van der Waals surface area contributed by atoms with Crippen LogP contribution in [0.25, 0.3) is 5.65 Å². The molecule has 3 aromatic rings. The smallest absolute Gasteiger partial charge is 0.147 e. The predicted octanol–water partition coefficient (Wildman–Crippen LogP) is 3.99. The Balaban J connectivity index is 1.81. The Morgan fingerprint density at radius 2 is 2.05 bits per heavy atom. The molecule has 6 heteroatoms. The molecule has 3 rings (SSSR count). The molecule has 1 aromatic carbocycles. The van der Waals surface area contributed by atoms with E-state index in [-0.39, 0.29) is 10.2 Å². The lowest BCUT2D eigenvalue weighted by Gasteiger charge is -2.06. The predicted molar refractivity (Wildman–Crippen MR) is 76.6 cm³/mol. The van der Waals surface area contributed by atoms with Crippen LogP contribution in [-0.4, -0.2) is 9.38 Å². The molecule has 102 valence electrons. The van der Waals surface area contributed by atoms with Crippen molar-refractivity contribution in [2.75, 3.05) is 5.32 Å². The Morgan fingerprint density at radius 3 is 2.85 bits per heavy atom. The molecule has 0 saturated carbocycles. The second-order valence-corrected chi connectivity index (χ2v) is 5.15. The molecule has 0 unspecified atom stereocenters. The van der Waals surface area contributed by atoms with Crippen molar-refractivity contribution in [3.8, 4) is 0 Å². The summed E-state index contributed by atoms with van der Waals surface area (Å²) in [6, 6.07) is 7.89. The Kier molecular flexibility index (Phi) is 3.40. The number of halogens is 3. The van der Waals surface area contributed by atoms with Gasteiger partial charge in [0.2, 0.25) is 0 Å². The quantitative estimate of drug-likeness (QED) is 0.732. The molecule has 0 radical (unpaired) electrons. The minimum Gasteiger partial charge on any atom is -0.377 e. The summed E-state index contributed by atoms with van der Waals surface area (Å²) in [4.78, 5) is 4.37. The summed E-state index contributed by atoms with van der Waals surface area (Å²) < 4.78 is 29.0. The molecule has 0 spiro atoms. The average molecular weight is 338 g/mol. The lowest BCUT2D eigenvalue weighted by atomic mass is 10.3. The van der Waals surface area contributed by atoms with Crippen molar-refractivity contribution in [2.45, 2.75) is 6.54 Å². The fourth-order valence-corrected chi connectivity index (χ4v) is 2.23. The highest BCUT2D eigenvalue weighted by molar-refractivity contribution is 9.10. The van der Waals surface area contributed by atoms with Gasteiger partial charge in [-0.25, -0.2) is 13.8 Å². The monoisotopic (exact) mass is 337 g/mol. The molecule has 20 heavy (non-hydrogen) atoms. The number of imidazole rings is 1. The van der Waals surface area contributed by atoms with E-state index in [9.17, 15) is 8.78 Å².